The van der Waals surface area contributed by atoms with Crippen molar-refractivity contribution in [3.05, 3.63) is 130 Å². The van der Waals surface area contributed by atoms with E-state index in [-0.39, 0.29) is 29.5 Å². The summed E-state index contributed by atoms with van der Waals surface area (Å²) in [4.78, 5) is 13.3. The lowest BCUT2D eigenvalue weighted by atomic mass is 10.0. The summed E-state index contributed by atoms with van der Waals surface area (Å²) < 4.78 is 98.9. The maximum atomic E-state index is 14.0. The molecule has 226 valence electrons. The molecule has 4 aromatic carbocycles. The Labute approximate surface area is 249 Å². The third kappa shape index (κ3) is 9.11. The number of phosphoric acid groups is 1. The van der Waals surface area contributed by atoms with Crippen molar-refractivity contribution in [2.24, 2.45) is 0 Å². The van der Waals surface area contributed by atoms with Crippen molar-refractivity contribution < 1.29 is 44.9 Å². The molecule has 1 amide bonds. The summed E-state index contributed by atoms with van der Waals surface area (Å²) in [6.45, 7) is 0.0416. The highest BCUT2D eigenvalue weighted by atomic mass is 35.5. The van der Waals surface area contributed by atoms with E-state index in [1.807, 2.05) is 0 Å². The average molecular weight is 640 g/mol. The molecule has 0 aliphatic rings. The summed E-state index contributed by atoms with van der Waals surface area (Å²) in [7, 11) is -4.47. The van der Waals surface area contributed by atoms with E-state index in [0.29, 0.717) is 30.2 Å². The average Bonchev–Trinajstić information content (AvgIpc) is 2.96. The predicted molar refractivity (Wildman–Crippen MR) is 151 cm³/mol. The molecule has 0 atom stereocenters. The molecule has 6 nitrogen and oxygen atoms in total. The number of carbonyl (C=O) groups excluding carboxylic acids is 1. The Balaban J connectivity index is 1.65. The minimum Gasteiger partial charge on any atom is -0.403 e. The van der Waals surface area contributed by atoms with Crippen LogP contribution in [0.15, 0.2) is 97.1 Å². The Morgan fingerprint density at radius 2 is 1.33 bits per heavy atom. The SMILES string of the molecule is CC(F)(F)c1cc(NC(=O)c2cc(Cl)ccc2OP(=O)(OCc2ccccc2)OCc2ccccc2)cc(C(F)(F)F)c1. The van der Waals surface area contributed by atoms with Gasteiger partial charge in [0.1, 0.15) is 5.75 Å². The lowest BCUT2D eigenvalue weighted by Crippen LogP contribution is -2.17. The Bertz CT molecular complexity index is 1540. The lowest BCUT2D eigenvalue weighted by Gasteiger charge is -2.21. The molecule has 0 saturated carbocycles. The van der Waals surface area contributed by atoms with Crippen LogP contribution < -0.4 is 9.84 Å². The van der Waals surface area contributed by atoms with Crippen LogP contribution in [0.2, 0.25) is 5.02 Å². The Morgan fingerprint density at radius 1 is 0.791 bits per heavy atom. The van der Waals surface area contributed by atoms with Crippen LogP contribution in [0, 0.1) is 0 Å². The number of alkyl halides is 5. The molecular weight excluding hydrogens is 616 g/mol. The van der Waals surface area contributed by atoms with E-state index in [9.17, 15) is 31.3 Å². The van der Waals surface area contributed by atoms with Crippen molar-refractivity contribution in [3.63, 3.8) is 0 Å². The topological polar surface area (TPSA) is 73.9 Å². The first kappa shape index (κ1) is 32.2. The van der Waals surface area contributed by atoms with Gasteiger partial charge in [0.05, 0.1) is 24.3 Å². The molecule has 0 fully saturated rings. The number of hydrogen-bond donors (Lipinski definition) is 1. The fourth-order valence-electron chi connectivity index (χ4n) is 3.74. The molecule has 0 aliphatic heterocycles. The van der Waals surface area contributed by atoms with Crippen molar-refractivity contribution in [2.75, 3.05) is 5.32 Å². The highest BCUT2D eigenvalue weighted by Crippen LogP contribution is 2.52. The molecule has 0 radical (unpaired) electrons. The van der Waals surface area contributed by atoms with Gasteiger partial charge >= 0.3 is 14.0 Å². The number of halogens is 6. The number of carbonyl (C=O) groups is 1. The molecule has 0 saturated heterocycles. The zero-order valence-corrected chi connectivity index (χ0v) is 24.1. The summed E-state index contributed by atoms with van der Waals surface area (Å²) in [5.74, 6) is -5.07. The second-order valence-electron chi connectivity index (χ2n) is 9.34. The number of benzene rings is 4. The van der Waals surface area contributed by atoms with Crippen molar-refractivity contribution in [1.82, 2.24) is 0 Å². The second kappa shape index (κ2) is 13.3. The van der Waals surface area contributed by atoms with Crippen LogP contribution in [0.25, 0.3) is 0 Å². The summed E-state index contributed by atoms with van der Waals surface area (Å²) in [6.07, 6.45) is -4.97. The molecule has 0 aromatic heterocycles. The van der Waals surface area contributed by atoms with Gasteiger partial charge in [0.2, 0.25) is 0 Å². The summed E-state index contributed by atoms with van der Waals surface area (Å²) in [5.41, 5.74) is -2.02. The normalized spacial score (nSPS) is 12.2. The molecule has 0 heterocycles. The van der Waals surface area contributed by atoms with Crippen molar-refractivity contribution in [2.45, 2.75) is 32.2 Å². The van der Waals surface area contributed by atoms with Gasteiger partial charge in [0.25, 0.3) is 11.8 Å². The third-order valence-electron chi connectivity index (χ3n) is 5.89. The van der Waals surface area contributed by atoms with Crippen LogP contribution >= 0.6 is 19.4 Å². The first-order valence-electron chi connectivity index (χ1n) is 12.6. The van der Waals surface area contributed by atoms with E-state index in [1.54, 1.807) is 60.7 Å². The van der Waals surface area contributed by atoms with Gasteiger partial charge in [-0.2, -0.15) is 13.2 Å². The van der Waals surface area contributed by atoms with Gasteiger partial charge in [0, 0.05) is 23.2 Å². The summed E-state index contributed by atoms with van der Waals surface area (Å²) in [6, 6.07) is 22.5. The maximum absolute atomic E-state index is 14.0. The number of phosphoric ester groups is 1. The van der Waals surface area contributed by atoms with E-state index in [1.165, 1.54) is 12.1 Å². The van der Waals surface area contributed by atoms with Crippen molar-refractivity contribution in [1.29, 1.82) is 0 Å². The Morgan fingerprint density at radius 3 is 1.84 bits per heavy atom. The third-order valence-corrected chi connectivity index (χ3v) is 7.43. The summed E-state index contributed by atoms with van der Waals surface area (Å²) >= 11 is 6.07. The van der Waals surface area contributed by atoms with Crippen molar-refractivity contribution in [3.8, 4) is 5.75 Å². The number of amides is 1. The van der Waals surface area contributed by atoms with Gasteiger partial charge in [-0.15, -0.1) is 0 Å². The molecule has 1 N–H and O–H groups in total. The lowest BCUT2D eigenvalue weighted by molar-refractivity contribution is -0.137. The van der Waals surface area contributed by atoms with Gasteiger partial charge in [-0.05, 0) is 47.5 Å². The Kier molecular flexibility index (Phi) is 9.92. The highest BCUT2D eigenvalue weighted by Gasteiger charge is 2.35. The quantitative estimate of drug-likeness (QED) is 0.131. The molecule has 4 aromatic rings. The zero-order valence-electron chi connectivity index (χ0n) is 22.4. The molecule has 0 unspecified atom stereocenters. The largest absolute Gasteiger partial charge is 0.530 e. The number of rotatable bonds is 11. The second-order valence-corrected chi connectivity index (χ2v) is 11.4. The molecular formula is C30H24ClF5NO5P. The predicted octanol–water partition coefficient (Wildman–Crippen LogP) is 9.64. The van der Waals surface area contributed by atoms with E-state index in [0.717, 1.165) is 12.1 Å². The molecule has 0 bridgehead atoms. The number of anilines is 1. The Hall–Kier alpha value is -3.76. The maximum Gasteiger partial charge on any atom is 0.530 e. The molecule has 43 heavy (non-hydrogen) atoms. The number of hydrogen-bond acceptors (Lipinski definition) is 5. The standard InChI is InChI=1S/C30H24ClF5NO5P/c1-29(32,33)22-14-23(30(34,35)36)16-25(15-22)37-28(38)26-17-24(31)12-13-27(26)42-43(39,40-18-20-8-4-2-5-9-20)41-19-21-10-6-3-7-11-21/h2-17H,18-19H2,1H3,(H,37,38). The first-order chi connectivity index (χ1) is 20.2. The monoisotopic (exact) mass is 639 g/mol. The smallest absolute Gasteiger partial charge is 0.403 e. The molecule has 0 aliphatic carbocycles. The fraction of sp³-hybridized carbons (Fsp3) is 0.167. The van der Waals surface area contributed by atoms with Crippen LogP contribution in [0.4, 0.5) is 27.6 Å². The van der Waals surface area contributed by atoms with Crippen LogP contribution in [-0.4, -0.2) is 5.91 Å². The van der Waals surface area contributed by atoms with E-state index < -0.39 is 42.6 Å². The van der Waals surface area contributed by atoms with Gasteiger partial charge < -0.3 is 9.84 Å². The van der Waals surface area contributed by atoms with E-state index in [4.69, 9.17) is 25.2 Å². The van der Waals surface area contributed by atoms with E-state index >= 15 is 0 Å². The highest BCUT2D eigenvalue weighted by molar-refractivity contribution is 7.48. The van der Waals surface area contributed by atoms with Gasteiger partial charge in [-0.1, -0.05) is 72.3 Å². The van der Waals surface area contributed by atoms with Crippen molar-refractivity contribution >= 4 is 31.0 Å². The van der Waals surface area contributed by atoms with Gasteiger partial charge in [-0.25, -0.2) is 13.3 Å². The van der Waals surface area contributed by atoms with Crippen LogP contribution in [0.1, 0.15) is 39.5 Å². The minimum atomic E-state index is -4.97. The first-order valence-corrected chi connectivity index (χ1v) is 14.4. The zero-order chi connectivity index (χ0) is 31.3. The molecule has 0 spiro atoms. The van der Waals surface area contributed by atoms with Crippen LogP contribution in [0.5, 0.6) is 5.75 Å². The summed E-state index contributed by atoms with van der Waals surface area (Å²) in [5, 5.41) is 2.19. The fourth-order valence-corrected chi connectivity index (χ4v) is 5.11. The van der Waals surface area contributed by atoms with Crippen LogP contribution in [0.3, 0.4) is 0 Å². The minimum absolute atomic E-state index is 0.0209. The molecule has 4 rings (SSSR count). The van der Waals surface area contributed by atoms with Gasteiger partial charge in [0.15, 0.2) is 0 Å². The van der Waals surface area contributed by atoms with Gasteiger partial charge in [-0.3, -0.25) is 13.8 Å². The number of nitrogens with one attached hydrogen (secondary N) is 1. The van der Waals surface area contributed by atoms with Crippen LogP contribution in [-0.2, 0) is 38.9 Å². The van der Waals surface area contributed by atoms with E-state index in [2.05, 4.69) is 5.32 Å². The molecule has 13 heteroatoms.